The second-order valence-electron chi connectivity index (χ2n) is 6.21. The summed E-state index contributed by atoms with van der Waals surface area (Å²) in [5.41, 5.74) is 0.928. The summed E-state index contributed by atoms with van der Waals surface area (Å²) in [5.74, 6) is 0.683. The zero-order valence-electron chi connectivity index (χ0n) is 14.7. The van der Waals surface area contributed by atoms with Gasteiger partial charge in [-0.2, -0.15) is 0 Å². The average molecular weight is 365 g/mol. The summed E-state index contributed by atoms with van der Waals surface area (Å²) in [6, 6.07) is 6.66. The van der Waals surface area contributed by atoms with Crippen molar-refractivity contribution in [2.75, 3.05) is 38.3 Å². The van der Waals surface area contributed by atoms with Crippen LogP contribution in [0.15, 0.2) is 24.3 Å². The third-order valence-corrected chi connectivity index (χ3v) is 4.66. The van der Waals surface area contributed by atoms with E-state index in [1.807, 2.05) is 17.8 Å². The number of morpholine rings is 1. The van der Waals surface area contributed by atoms with Crippen molar-refractivity contribution < 1.29 is 9.13 Å². The summed E-state index contributed by atoms with van der Waals surface area (Å²) in [6.07, 6.45) is 0. The minimum atomic E-state index is -0.215. The fourth-order valence-electron chi connectivity index (χ4n) is 3.02. The van der Waals surface area contributed by atoms with E-state index in [0.29, 0.717) is 31.2 Å². The molecule has 0 spiro atoms. The monoisotopic (exact) mass is 365 g/mol. The Balaban J connectivity index is 1.75. The van der Waals surface area contributed by atoms with E-state index in [1.165, 1.54) is 6.07 Å². The van der Waals surface area contributed by atoms with E-state index in [2.05, 4.69) is 21.3 Å². The number of anilines is 1. The molecule has 0 atom stereocenters. The molecule has 1 aliphatic heterocycles. The average Bonchev–Trinajstić information content (AvgIpc) is 2.91. The zero-order valence-corrected chi connectivity index (χ0v) is 15.5. The van der Waals surface area contributed by atoms with Gasteiger partial charge in [0.15, 0.2) is 0 Å². The van der Waals surface area contributed by atoms with Crippen LogP contribution in [0.4, 0.5) is 10.3 Å². The fraction of sp³-hybridized carbons (Fsp3) is 0.529. The first-order valence-electron chi connectivity index (χ1n) is 8.52. The SMILES string of the molecule is CCn1c(N2CCOCC2)nn(CN(C)Cc2cccc(F)c2)c1=S. The molecular formula is C17H24FN5OS. The molecule has 1 fully saturated rings. The second kappa shape index (κ2) is 8.07. The lowest BCUT2D eigenvalue weighted by molar-refractivity contribution is 0.121. The standard InChI is InChI=1S/C17H24FN5OS/c1-3-22-16(21-7-9-24-10-8-21)19-23(17(22)25)13-20(2)12-14-5-4-6-15(18)11-14/h4-6,11H,3,7-10,12-13H2,1-2H3. The third kappa shape index (κ3) is 4.26. The van der Waals surface area contributed by atoms with Crippen LogP contribution in [0.3, 0.4) is 0 Å². The van der Waals surface area contributed by atoms with Gasteiger partial charge in [-0.15, -0.1) is 5.10 Å². The Morgan fingerprint density at radius 1 is 1.32 bits per heavy atom. The quantitative estimate of drug-likeness (QED) is 0.736. The van der Waals surface area contributed by atoms with Crippen molar-refractivity contribution in [3.8, 4) is 0 Å². The topological polar surface area (TPSA) is 38.5 Å². The van der Waals surface area contributed by atoms with Crippen LogP contribution in [-0.4, -0.2) is 52.6 Å². The lowest BCUT2D eigenvalue weighted by Crippen LogP contribution is -2.38. The number of aromatic nitrogens is 3. The first kappa shape index (κ1) is 18.0. The zero-order chi connectivity index (χ0) is 17.8. The first-order chi connectivity index (χ1) is 12.1. The Morgan fingerprint density at radius 3 is 2.76 bits per heavy atom. The van der Waals surface area contributed by atoms with Crippen molar-refractivity contribution in [1.82, 2.24) is 19.2 Å². The maximum atomic E-state index is 13.3. The predicted octanol–water partition coefficient (Wildman–Crippen LogP) is 2.50. The molecule has 0 N–H and O–H groups in total. The van der Waals surface area contributed by atoms with E-state index >= 15 is 0 Å². The van der Waals surface area contributed by atoms with E-state index in [1.54, 1.807) is 12.1 Å². The molecule has 0 bridgehead atoms. The van der Waals surface area contributed by atoms with Gasteiger partial charge in [0.1, 0.15) is 5.82 Å². The summed E-state index contributed by atoms with van der Waals surface area (Å²) in [7, 11) is 1.98. The van der Waals surface area contributed by atoms with Gasteiger partial charge in [-0.3, -0.25) is 9.47 Å². The molecule has 0 unspecified atom stereocenters. The number of rotatable bonds is 6. The number of hydrogen-bond donors (Lipinski definition) is 0. The van der Waals surface area contributed by atoms with Crippen LogP contribution in [0.1, 0.15) is 12.5 Å². The van der Waals surface area contributed by atoms with Crippen molar-refractivity contribution in [3.63, 3.8) is 0 Å². The molecule has 0 saturated carbocycles. The van der Waals surface area contributed by atoms with Gasteiger partial charge in [0.2, 0.25) is 10.7 Å². The Hall–Kier alpha value is -1.77. The molecule has 136 valence electrons. The van der Waals surface area contributed by atoms with Crippen molar-refractivity contribution in [3.05, 3.63) is 40.4 Å². The molecule has 8 heteroatoms. The maximum Gasteiger partial charge on any atom is 0.226 e. The molecule has 1 aromatic carbocycles. The van der Waals surface area contributed by atoms with Crippen LogP contribution in [-0.2, 0) is 24.5 Å². The normalized spacial score (nSPS) is 15.1. The lowest BCUT2D eigenvalue weighted by atomic mass is 10.2. The molecule has 2 heterocycles. The van der Waals surface area contributed by atoms with Gasteiger partial charge in [-0.05, 0) is 43.9 Å². The molecule has 1 aliphatic rings. The maximum absolute atomic E-state index is 13.3. The molecule has 2 aromatic rings. The molecular weight excluding hydrogens is 341 g/mol. The molecule has 0 radical (unpaired) electrons. The largest absolute Gasteiger partial charge is 0.378 e. The minimum absolute atomic E-state index is 0.215. The summed E-state index contributed by atoms with van der Waals surface area (Å²) in [5, 5.41) is 4.73. The number of ether oxygens (including phenoxy) is 1. The Labute approximate surface area is 152 Å². The van der Waals surface area contributed by atoms with Crippen molar-refractivity contribution in [1.29, 1.82) is 0 Å². The lowest BCUT2D eigenvalue weighted by Gasteiger charge is -2.27. The highest BCUT2D eigenvalue weighted by Crippen LogP contribution is 2.16. The molecule has 1 saturated heterocycles. The highest BCUT2D eigenvalue weighted by Gasteiger charge is 2.19. The van der Waals surface area contributed by atoms with Gasteiger partial charge >= 0.3 is 0 Å². The van der Waals surface area contributed by atoms with E-state index in [-0.39, 0.29) is 5.82 Å². The van der Waals surface area contributed by atoms with Gasteiger partial charge in [-0.25, -0.2) is 9.07 Å². The highest BCUT2D eigenvalue weighted by atomic mass is 32.1. The number of nitrogens with zero attached hydrogens (tertiary/aromatic N) is 5. The fourth-order valence-corrected chi connectivity index (χ4v) is 3.33. The molecule has 25 heavy (non-hydrogen) atoms. The van der Waals surface area contributed by atoms with Crippen LogP contribution in [0.5, 0.6) is 0 Å². The smallest absolute Gasteiger partial charge is 0.226 e. The number of halogens is 1. The minimum Gasteiger partial charge on any atom is -0.378 e. The molecule has 0 amide bonds. The summed E-state index contributed by atoms with van der Waals surface area (Å²) in [4.78, 5) is 4.28. The van der Waals surface area contributed by atoms with Gasteiger partial charge in [0.25, 0.3) is 0 Å². The number of hydrogen-bond acceptors (Lipinski definition) is 5. The van der Waals surface area contributed by atoms with Crippen molar-refractivity contribution >= 4 is 18.2 Å². The summed E-state index contributed by atoms with van der Waals surface area (Å²) in [6.45, 7) is 7.11. The van der Waals surface area contributed by atoms with E-state index in [9.17, 15) is 4.39 Å². The van der Waals surface area contributed by atoms with Crippen molar-refractivity contribution in [2.45, 2.75) is 26.7 Å². The summed E-state index contributed by atoms with van der Waals surface area (Å²) >= 11 is 5.60. The summed E-state index contributed by atoms with van der Waals surface area (Å²) < 4.78 is 23.4. The third-order valence-electron chi connectivity index (χ3n) is 4.23. The number of benzene rings is 1. The predicted molar refractivity (Wildman–Crippen MR) is 97.6 cm³/mol. The van der Waals surface area contributed by atoms with Crippen LogP contribution in [0.2, 0.25) is 0 Å². The van der Waals surface area contributed by atoms with Gasteiger partial charge in [-0.1, -0.05) is 12.1 Å². The van der Waals surface area contributed by atoms with Crippen LogP contribution in [0, 0.1) is 10.6 Å². The van der Waals surface area contributed by atoms with E-state index in [0.717, 1.165) is 31.1 Å². The molecule has 0 aliphatic carbocycles. The molecule has 1 aromatic heterocycles. The van der Waals surface area contributed by atoms with E-state index in [4.69, 9.17) is 22.1 Å². The highest BCUT2D eigenvalue weighted by molar-refractivity contribution is 7.71. The Bertz CT molecular complexity index is 769. The van der Waals surface area contributed by atoms with Gasteiger partial charge < -0.3 is 9.64 Å². The van der Waals surface area contributed by atoms with Crippen LogP contribution >= 0.6 is 12.2 Å². The molecule has 6 nitrogen and oxygen atoms in total. The second-order valence-corrected chi connectivity index (χ2v) is 6.58. The first-order valence-corrected chi connectivity index (χ1v) is 8.92. The van der Waals surface area contributed by atoms with Gasteiger partial charge in [0.05, 0.1) is 19.9 Å². The van der Waals surface area contributed by atoms with Gasteiger partial charge in [0, 0.05) is 26.2 Å². The molecule has 3 rings (SSSR count). The Kier molecular flexibility index (Phi) is 5.82. The van der Waals surface area contributed by atoms with Crippen molar-refractivity contribution in [2.24, 2.45) is 0 Å². The van der Waals surface area contributed by atoms with Crippen LogP contribution < -0.4 is 4.90 Å². The van der Waals surface area contributed by atoms with E-state index < -0.39 is 0 Å². The Morgan fingerprint density at radius 2 is 2.08 bits per heavy atom. The van der Waals surface area contributed by atoms with Crippen LogP contribution in [0.25, 0.3) is 0 Å².